The summed E-state index contributed by atoms with van der Waals surface area (Å²) < 4.78 is 16.5. The fourth-order valence-electron chi connectivity index (χ4n) is 4.72. The van der Waals surface area contributed by atoms with Gasteiger partial charge in [0.25, 0.3) is 11.5 Å². The van der Waals surface area contributed by atoms with Crippen molar-refractivity contribution in [3.63, 3.8) is 0 Å². The molecule has 1 aliphatic rings. The zero-order valence-electron chi connectivity index (χ0n) is 21.2. The Morgan fingerprint density at radius 2 is 1.78 bits per heavy atom. The van der Waals surface area contributed by atoms with Gasteiger partial charge >= 0.3 is 5.69 Å². The van der Waals surface area contributed by atoms with E-state index in [9.17, 15) is 18.8 Å². The molecule has 1 aromatic carbocycles. The van der Waals surface area contributed by atoms with Gasteiger partial charge in [0.15, 0.2) is 11.4 Å². The van der Waals surface area contributed by atoms with Gasteiger partial charge in [-0.25, -0.2) is 13.9 Å². The van der Waals surface area contributed by atoms with Gasteiger partial charge in [-0.2, -0.15) is 5.10 Å². The van der Waals surface area contributed by atoms with Crippen LogP contribution in [0, 0.1) is 17.7 Å². The standard InChI is InChI=1S/C26H33FN6O3/c1-15(2)13-31(22-23(28)32(14-16(3)4)26(36)29-24(22)34)25(35)21-19-7-5-6-8-20(19)33(30-21)18-11-9-17(27)10-12-18/h9-12,15-16H,5-8,13-14,28H2,1-4H3,(H,29,34,36). The fraction of sp³-hybridized carbons (Fsp3) is 0.462. The summed E-state index contributed by atoms with van der Waals surface area (Å²) in [6.45, 7) is 8.24. The number of carbonyl (C=O) groups is 1. The molecule has 36 heavy (non-hydrogen) atoms. The maximum Gasteiger partial charge on any atom is 0.330 e. The third-order valence-corrected chi connectivity index (χ3v) is 6.28. The lowest BCUT2D eigenvalue weighted by Gasteiger charge is -2.26. The molecule has 0 fully saturated rings. The Hall–Kier alpha value is -3.69. The summed E-state index contributed by atoms with van der Waals surface area (Å²) in [7, 11) is 0. The number of nitrogens with two attached hydrogens (primary N) is 1. The smallest absolute Gasteiger partial charge is 0.330 e. The lowest BCUT2D eigenvalue weighted by atomic mass is 9.95. The quantitative estimate of drug-likeness (QED) is 0.520. The van der Waals surface area contributed by atoms with Crippen molar-refractivity contribution in [2.45, 2.75) is 59.9 Å². The largest absolute Gasteiger partial charge is 0.383 e. The molecule has 0 saturated carbocycles. The Bertz CT molecular complexity index is 1380. The van der Waals surface area contributed by atoms with Gasteiger partial charge in [0.2, 0.25) is 0 Å². The van der Waals surface area contributed by atoms with Crippen LogP contribution in [0.25, 0.3) is 5.69 Å². The van der Waals surface area contributed by atoms with Crippen LogP contribution in [0.5, 0.6) is 0 Å². The highest BCUT2D eigenvalue weighted by molar-refractivity contribution is 6.07. The molecular weight excluding hydrogens is 463 g/mol. The predicted molar refractivity (Wildman–Crippen MR) is 137 cm³/mol. The number of nitrogen functional groups attached to an aromatic ring is 1. The minimum absolute atomic E-state index is 0.00763. The maximum absolute atomic E-state index is 14.1. The molecule has 3 N–H and O–H groups in total. The van der Waals surface area contributed by atoms with E-state index in [1.54, 1.807) is 16.8 Å². The van der Waals surface area contributed by atoms with Crippen LogP contribution in [-0.4, -0.2) is 31.8 Å². The van der Waals surface area contributed by atoms with Crippen LogP contribution < -0.4 is 21.9 Å². The third kappa shape index (κ3) is 4.84. The van der Waals surface area contributed by atoms with Crippen LogP contribution in [0.15, 0.2) is 33.9 Å². The molecule has 9 nitrogen and oxygen atoms in total. The zero-order chi connectivity index (χ0) is 26.1. The molecule has 0 atom stereocenters. The normalized spacial score (nSPS) is 13.3. The van der Waals surface area contributed by atoms with E-state index in [2.05, 4.69) is 10.1 Å². The highest BCUT2D eigenvalue weighted by atomic mass is 19.1. The van der Waals surface area contributed by atoms with Crippen molar-refractivity contribution in [3.8, 4) is 5.69 Å². The van der Waals surface area contributed by atoms with Gasteiger partial charge in [-0.1, -0.05) is 27.7 Å². The summed E-state index contributed by atoms with van der Waals surface area (Å²) in [5, 5.41) is 4.67. The van der Waals surface area contributed by atoms with Crippen molar-refractivity contribution in [1.29, 1.82) is 0 Å². The van der Waals surface area contributed by atoms with E-state index in [-0.39, 0.29) is 41.4 Å². The molecule has 2 aromatic heterocycles. The van der Waals surface area contributed by atoms with Crippen LogP contribution >= 0.6 is 0 Å². The van der Waals surface area contributed by atoms with Crippen molar-refractivity contribution < 1.29 is 9.18 Å². The minimum atomic E-state index is -0.710. The number of nitrogens with zero attached hydrogens (tertiary/aromatic N) is 4. The van der Waals surface area contributed by atoms with Crippen molar-refractivity contribution in [2.24, 2.45) is 11.8 Å². The highest BCUT2D eigenvalue weighted by Gasteiger charge is 2.32. The number of aromatic amines is 1. The molecule has 0 bridgehead atoms. The van der Waals surface area contributed by atoms with E-state index < -0.39 is 17.2 Å². The Morgan fingerprint density at radius 1 is 1.11 bits per heavy atom. The molecule has 0 saturated heterocycles. The highest BCUT2D eigenvalue weighted by Crippen LogP contribution is 2.30. The number of fused-ring (bicyclic) bond motifs is 1. The van der Waals surface area contributed by atoms with E-state index in [1.165, 1.54) is 21.6 Å². The van der Waals surface area contributed by atoms with Gasteiger partial charge in [-0.15, -0.1) is 0 Å². The molecule has 2 heterocycles. The monoisotopic (exact) mass is 496 g/mol. The predicted octanol–water partition coefficient (Wildman–Crippen LogP) is 3.28. The lowest BCUT2D eigenvalue weighted by Crippen LogP contribution is -2.43. The van der Waals surface area contributed by atoms with E-state index in [0.717, 1.165) is 30.5 Å². The molecule has 1 amide bonds. The average molecular weight is 497 g/mol. The van der Waals surface area contributed by atoms with Gasteiger partial charge in [0.05, 0.1) is 5.69 Å². The Morgan fingerprint density at radius 3 is 2.42 bits per heavy atom. The number of halogens is 1. The number of rotatable bonds is 7. The van der Waals surface area contributed by atoms with Crippen molar-refractivity contribution >= 4 is 17.4 Å². The Labute approximate surface area is 208 Å². The summed E-state index contributed by atoms with van der Waals surface area (Å²) in [6.07, 6.45) is 3.27. The molecule has 10 heteroatoms. The molecule has 0 aliphatic heterocycles. The molecule has 0 radical (unpaired) electrons. The van der Waals surface area contributed by atoms with Gasteiger partial charge in [-0.3, -0.25) is 24.0 Å². The zero-order valence-corrected chi connectivity index (χ0v) is 21.2. The van der Waals surface area contributed by atoms with Crippen molar-refractivity contribution in [2.75, 3.05) is 17.2 Å². The Balaban J connectivity index is 1.87. The number of carbonyl (C=O) groups excluding carboxylic acids is 1. The summed E-state index contributed by atoms with van der Waals surface area (Å²) >= 11 is 0. The summed E-state index contributed by atoms with van der Waals surface area (Å²) in [6, 6.07) is 5.97. The first-order chi connectivity index (χ1) is 17.1. The molecule has 4 rings (SSSR count). The number of aromatic nitrogens is 4. The topological polar surface area (TPSA) is 119 Å². The maximum atomic E-state index is 14.1. The van der Waals surface area contributed by atoms with Gasteiger partial charge in [0.1, 0.15) is 11.6 Å². The second-order valence-corrected chi connectivity index (χ2v) is 10.2. The molecule has 3 aromatic rings. The van der Waals surface area contributed by atoms with Crippen LogP contribution in [0.3, 0.4) is 0 Å². The SMILES string of the molecule is CC(C)CN(C(=O)c1nn(-c2ccc(F)cc2)c2c1CCCC2)c1c(N)n(CC(C)C)c(=O)[nH]c1=O. The number of nitrogens with one attached hydrogen (secondary N) is 1. The van der Waals surface area contributed by atoms with E-state index in [0.29, 0.717) is 18.7 Å². The van der Waals surface area contributed by atoms with Crippen molar-refractivity contribution in [3.05, 3.63) is 67.9 Å². The lowest BCUT2D eigenvalue weighted by molar-refractivity contribution is 0.0977. The first-order valence-electron chi connectivity index (χ1n) is 12.4. The van der Waals surface area contributed by atoms with Gasteiger partial charge in [-0.05, 0) is 61.8 Å². The minimum Gasteiger partial charge on any atom is -0.383 e. The first kappa shape index (κ1) is 25.4. The fourth-order valence-corrected chi connectivity index (χ4v) is 4.72. The summed E-state index contributed by atoms with van der Waals surface area (Å²) in [4.78, 5) is 43.2. The second kappa shape index (κ2) is 10.1. The van der Waals surface area contributed by atoms with Crippen LogP contribution in [0.1, 0.15) is 62.3 Å². The van der Waals surface area contributed by atoms with E-state index in [1.807, 2.05) is 27.7 Å². The van der Waals surface area contributed by atoms with Crippen molar-refractivity contribution in [1.82, 2.24) is 19.3 Å². The Kier molecular flexibility index (Phi) is 7.14. The van der Waals surface area contributed by atoms with Crippen LogP contribution in [0.4, 0.5) is 15.9 Å². The molecular formula is C26H33FN6O3. The number of hydrogen-bond acceptors (Lipinski definition) is 5. The number of hydrogen-bond donors (Lipinski definition) is 2. The molecule has 0 spiro atoms. The first-order valence-corrected chi connectivity index (χ1v) is 12.4. The third-order valence-electron chi connectivity index (χ3n) is 6.28. The molecule has 1 aliphatic carbocycles. The summed E-state index contributed by atoms with van der Waals surface area (Å²) in [5.41, 5.74) is 7.64. The van der Waals surface area contributed by atoms with E-state index in [4.69, 9.17) is 5.73 Å². The number of amides is 1. The number of benzene rings is 1. The average Bonchev–Trinajstić information content (AvgIpc) is 3.20. The summed E-state index contributed by atoms with van der Waals surface area (Å²) in [5.74, 6) is -0.747. The second-order valence-electron chi connectivity index (χ2n) is 10.2. The van der Waals surface area contributed by atoms with E-state index >= 15 is 0 Å². The number of H-pyrrole nitrogens is 1. The van der Waals surface area contributed by atoms with Crippen LogP contribution in [-0.2, 0) is 19.4 Å². The molecule has 192 valence electrons. The van der Waals surface area contributed by atoms with Gasteiger partial charge in [0, 0.05) is 24.3 Å². The number of anilines is 2. The molecule has 0 unspecified atom stereocenters. The van der Waals surface area contributed by atoms with Crippen LogP contribution in [0.2, 0.25) is 0 Å². The van der Waals surface area contributed by atoms with Gasteiger partial charge < -0.3 is 5.73 Å².